The number of benzene rings is 2. The van der Waals surface area contributed by atoms with Crippen LogP contribution in [0.4, 0.5) is 5.69 Å². The molecule has 1 aliphatic rings. The van der Waals surface area contributed by atoms with E-state index in [1.165, 1.54) is 37.1 Å². The van der Waals surface area contributed by atoms with E-state index < -0.39 is 0 Å². The summed E-state index contributed by atoms with van der Waals surface area (Å²) in [5, 5.41) is 1.08. The molecule has 2 heterocycles. The van der Waals surface area contributed by atoms with Crippen molar-refractivity contribution in [3.8, 4) is 0 Å². The first-order chi connectivity index (χ1) is 12.3. The van der Waals surface area contributed by atoms with Gasteiger partial charge in [-0.2, -0.15) is 0 Å². The highest BCUT2D eigenvalue weighted by Gasteiger charge is 2.20. The number of likely N-dealkylation sites (tertiary alicyclic amines) is 1. The third-order valence-electron chi connectivity index (χ3n) is 5.36. The molecule has 4 rings (SSSR count). The van der Waals surface area contributed by atoms with Crippen LogP contribution in [0.2, 0.25) is 0 Å². The standard InChI is InChI=1S/C22H25N3/c23-22-19(15-24-21-9-5-4-8-20(21)22)14-17-10-12-25(13-11-17)16-18-6-2-1-3-7-18/h1-9,15,17H,10-14,16H2,(H2,23,24). The van der Waals surface area contributed by atoms with Gasteiger partial charge >= 0.3 is 0 Å². The lowest BCUT2D eigenvalue weighted by Crippen LogP contribution is -2.33. The van der Waals surface area contributed by atoms with Crippen LogP contribution in [0, 0.1) is 5.92 Å². The van der Waals surface area contributed by atoms with Crippen LogP contribution >= 0.6 is 0 Å². The zero-order chi connectivity index (χ0) is 17.1. The number of nitrogens with two attached hydrogens (primary N) is 1. The van der Waals surface area contributed by atoms with E-state index in [0.717, 1.165) is 29.6 Å². The highest BCUT2D eigenvalue weighted by atomic mass is 15.1. The summed E-state index contributed by atoms with van der Waals surface area (Å²) >= 11 is 0. The topological polar surface area (TPSA) is 42.1 Å². The Morgan fingerprint density at radius 2 is 1.68 bits per heavy atom. The van der Waals surface area contributed by atoms with Crippen molar-refractivity contribution in [2.75, 3.05) is 18.8 Å². The van der Waals surface area contributed by atoms with Crippen LogP contribution in [0.5, 0.6) is 0 Å². The molecule has 0 radical (unpaired) electrons. The Morgan fingerprint density at radius 1 is 0.960 bits per heavy atom. The van der Waals surface area contributed by atoms with E-state index in [1.807, 2.05) is 24.4 Å². The molecule has 3 heteroatoms. The molecule has 1 aromatic heterocycles. The molecule has 0 aliphatic carbocycles. The van der Waals surface area contributed by atoms with Gasteiger partial charge in [0.1, 0.15) is 0 Å². The molecular formula is C22H25N3. The van der Waals surface area contributed by atoms with Gasteiger partial charge in [0, 0.05) is 23.8 Å². The smallest absolute Gasteiger partial charge is 0.0722 e. The van der Waals surface area contributed by atoms with E-state index in [-0.39, 0.29) is 0 Å². The largest absolute Gasteiger partial charge is 0.398 e. The maximum atomic E-state index is 6.42. The first-order valence-electron chi connectivity index (χ1n) is 9.18. The third-order valence-corrected chi connectivity index (χ3v) is 5.36. The second-order valence-electron chi connectivity index (χ2n) is 7.12. The van der Waals surface area contributed by atoms with Gasteiger partial charge in [-0.15, -0.1) is 0 Å². The summed E-state index contributed by atoms with van der Waals surface area (Å²) in [6, 6.07) is 18.9. The number of aromatic nitrogens is 1. The molecule has 1 fully saturated rings. The lowest BCUT2D eigenvalue weighted by atomic mass is 9.89. The number of anilines is 1. The number of nitrogen functional groups attached to an aromatic ring is 1. The second kappa shape index (κ2) is 7.24. The van der Waals surface area contributed by atoms with E-state index in [9.17, 15) is 0 Å². The van der Waals surface area contributed by atoms with Crippen LogP contribution in [0.25, 0.3) is 10.9 Å². The Bertz CT molecular complexity index is 836. The summed E-state index contributed by atoms with van der Waals surface area (Å²) in [6.07, 6.45) is 5.50. The molecule has 3 nitrogen and oxygen atoms in total. The fourth-order valence-corrected chi connectivity index (χ4v) is 3.87. The third kappa shape index (κ3) is 3.67. The lowest BCUT2D eigenvalue weighted by molar-refractivity contribution is 0.177. The highest BCUT2D eigenvalue weighted by Crippen LogP contribution is 2.28. The van der Waals surface area contributed by atoms with Crippen molar-refractivity contribution in [3.05, 3.63) is 71.9 Å². The van der Waals surface area contributed by atoms with Crippen molar-refractivity contribution in [2.24, 2.45) is 5.92 Å². The lowest BCUT2D eigenvalue weighted by Gasteiger charge is -2.32. The number of piperidine rings is 1. The normalized spacial score (nSPS) is 16.3. The summed E-state index contributed by atoms with van der Waals surface area (Å²) < 4.78 is 0. The molecule has 0 spiro atoms. The quantitative estimate of drug-likeness (QED) is 0.776. The van der Waals surface area contributed by atoms with Crippen LogP contribution in [0.15, 0.2) is 60.8 Å². The average molecular weight is 331 g/mol. The van der Waals surface area contributed by atoms with Crippen molar-refractivity contribution in [1.82, 2.24) is 9.88 Å². The molecule has 0 amide bonds. The summed E-state index contributed by atoms with van der Waals surface area (Å²) in [5.41, 5.74) is 10.9. The molecule has 128 valence electrons. The van der Waals surface area contributed by atoms with Crippen molar-refractivity contribution in [1.29, 1.82) is 0 Å². The van der Waals surface area contributed by atoms with Crippen LogP contribution < -0.4 is 5.73 Å². The Hall–Kier alpha value is -2.39. The first-order valence-corrected chi connectivity index (χ1v) is 9.18. The van der Waals surface area contributed by atoms with Crippen LogP contribution in [0.3, 0.4) is 0 Å². The molecule has 25 heavy (non-hydrogen) atoms. The fraction of sp³-hybridized carbons (Fsp3) is 0.318. The van der Waals surface area contributed by atoms with Crippen LogP contribution in [0.1, 0.15) is 24.0 Å². The molecule has 1 aliphatic heterocycles. The van der Waals surface area contributed by atoms with E-state index in [4.69, 9.17) is 5.73 Å². The molecule has 2 N–H and O–H groups in total. The first kappa shape index (κ1) is 16.1. The SMILES string of the molecule is Nc1c(CC2CCN(Cc3ccccc3)CC2)cnc2ccccc12. The van der Waals surface area contributed by atoms with Gasteiger partial charge in [0.05, 0.1) is 5.52 Å². The van der Waals surface area contributed by atoms with Gasteiger partial charge in [-0.05, 0) is 55.5 Å². The van der Waals surface area contributed by atoms with Gasteiger partial charge in [-0.1, -0.05) is 48.5 Å². The molecule has 1 saturated heterocycles. The average Bonchev–Trinajstić information content (AvgIpc) is 2.67. The van der Waals surface area contributed by atoms with E-state index in [0.29, 0.717) is 5.92 Å². The minimum atomic E-state index is 0.706. The van der Waals surface area contributed by atoms with Crippen molar-refractivity contribution >= 4 is 16.6 Å². The number of para-hydroxylation sites is 1. The number of nitrogens with zero attached hydrogens (tertiary/aromatic N) is 2. The molecular weight excluding hydrogens is 306 g/mol. The van der Waals surface area contributed by atoms with Gasteiger partial charge < -0.3 is 5.73 Å². The van der Waals surface area contributed by atoms with Gasteiger partial charge in [0.2, 0.25) is 0 Å². The molecule has 2 aromatic carbocycles. The molecule has 0 atom stereocenters. The molecule has 3 aromatic rings. The number of fused-ring (bicyclic) bond motifs is 1. The van der Waals surface area contributed by atoms with E-state index in [1.54, 1.807) is 0 Å². The summed E-state index contributed by atoms with van der Waals surface area (Å²) in [6.45, 7) is 3.40. The highest BCUT2D eigenvalue weighted by molar-refractivity contribution is 5.91. The summed E-state index contributed by atoms with van der Waals surface area (Å²) in [4.78, 5) is 7.15. The molecule has 0 unspecified atom stereocenters. The number of rotatable bonds is 4. The Balaban J connectivity index is 1.38. The van der Waals surface area contributed by atoms with Gasteiger partial charge in [-0.3, -0.25) is 9.88 Å². The zero-order valence-electron chi connectivity index (χ0n) is 14.6. The van der Waals surface area contributed by atoms with E-state index in [2.05, 4.69) is 46.3 Å². The second-order valence-corrected chi connectivity index (χ2v) is 7.12. The Labute approximate surface area is 149 Å². The predicted octanol–water partition coefficient (Wildman–Crippen LogP) is 4.27. The number of hydrogen-bond acceptors (Lipinski definition) is 3. The fourth-order valence-electron chi connectivity index (χ4n) is 3.87. The van der Waals surface area contributed by atoms with Gasteiger partial charge in [-0.25, -0.2) is 0 Å². The van der Waals surface area contributed by atoms with Gasteiger partial charge in [0.25, 0.3) is 0 Å². The number of pyridine rings is 1. The minimum Gasteiger partial charge on any atom is -0.398 e. The van der Waals surface area contributed by atoms with Gasteiger partial charge in [0.15, 0.2) is 0 Å². The zero-order valence-corrected chi connectivity index (χ0v) is 14.6. The Kier molecular flexibility index (Phi) is 4.66. The molecule has 0 saturated carbocycles. The van der Waals surface area contributed by atoms with Crippen molar-refractivity contribution < 1.29 is 0 Å². The molecule has 0 bridgehead atoms. The van der Waals surface area contributed by atoms with Crippen molar-refractivity contribution in [3.63, 3.8) is 0 Å². The Morgan fingerprint density at radius 3 is 2.48 bits per heavy atom. The number of hydrogen-bond donors (Lipinski definition) is 1. The summed E-state index contributed by atoms with van der Waals surface area (Å²) in [5.74, 6) is 0.706. The predicted molar refractivity (Wildman–Crippen MR) is 104 cm³/mol. The van der Waals surface area contributed by atoms with Crippen LogP contribution in [-0.4, -0.2) is 23.0 Å². The minimum absolute atomic E-state index is 0.706. The summed E-state index contributed by atoms with van der Waals surface area (Å²) in [7, 11) is 0. The monoisotopic (exact) mass is 331 g/mol. The maximum absolute atomic E-state index is 6.42. The van der Waals surface area contributed by atoms with Crippen LogP contribution in [-0.2, 0) is 13.0 Å². The van der Waals surface area contributed by atoms with Crippen molar-refractivity contribution in [2.45, 2.75) is 25.8 Å². The van der Waals surface area contributed by atoms with E-state index >= 15 is 0 Å². The maximum Gasteiger partial charge on any atom is 0.0722 e.